The van der Waals surface area contributed by atoms with Gasteiger partial charge >= 0.3 is 5.97 Å². The molecule has 214 valence electrons. The van der Waals surface area contributed by atoms with Gasteiger partial charge in [0.1, 0.15) is 54.0 Å². The van der Waals surface area contributed by atoms with Crippen molar-refractivity contribution in [2.75, 3.05) is 6.61 Å². The van der Waals surface area contributed by atoms with Gasteiger partial charge in [0, 0.05) is 12.1 Å². The molecule has 1 heterocycles. The molecule has 0 amide bonds. The number of esters is 1. The Morgan fingerprint density at radius 2 is 1.37 bits per heavy atom. The molecule has 3 aromatic carbocycles. The number of aliphatic hydroxyl groups excluding tert-OH is 3. The van der Waals surface area contributed by atoms with Crippen LogP contribution in [0.3, 0.4) is 0 Å². The lowest BCUT2D eigenvalue weighted by atomic mass is 9.99. The van der Waals surface area contributed by atoms with Gasteiger partial charge in [-0.1, -0.05) is 30.3 Å². The fourth-order valence-electron chi connectivity index (χ4n) is 3.90. The number of ketones is 1. The van der Waals surface area contributed by atoms with Crippen molar-refractivity contribution in [2.24, 2.45) is 0 Å². The number of hydrogen-bond donors (Lipinski definition) is 6. The highest BCUT2D eigenvalue weighted by Gasteiger charge is 2.45. The molecule has 11 nitrogen and oxygen atoms in total. The number of benzene rings is 3. The van der Waals surface area contributed by atoms with E-state index in [2.05, 4.69) is 0 Å². The Morgan fingerprint density at radius 3 is 2.02 bits per heavy atom. The zero-order valence-corrected chi connectivity index (χ0v) is 21.5. The van der Waals surface area contributed by atoms with Gasteiger partial charge in [-0.15, -0.1) is 0 Å². The van der Waals surface area contributed by atoms with Crippen molar-refractivity contribution in [2.45, 2.75) is 30.7 Å². The molecule has 5 unspecified atom stereocenters. The van der Waals surface area contributed by atoms with Crippen molar-refractivity contribution in [3.63, 3.8) is 0 Å². The zero-order valence-electron chi connectivity index (χ0n) is 21.5. The van der Waals surface area contributed by atoms with Gasteiger partial charge in [-0.2, -0.15) is 0 Å². The van der Waals surface area contributed by atoms with Gasteiger partial charge in [0.15, 0.2) is 5.78 Å². The third-order valence-electron chi connectivity index (χ3n) is 6.17. The molecule has 5 atom stereocenters. The van der Waals surface area contributed by atoms with Gasteiger partial charge in [-0.3, -0.25) is 4.79 Å². The Kier molecular flexibility index (Phi) is 9.37. The summed E-state index contributed by atoms with van der Waals surface area (Å²) in [5.41, 5.74) is 1.27. The van der Waals surface area contributed by atoms with Crippen LogP contribution in [0, 0.1) is 0 Å². The Hall–Kier alpha value is -4.68. The standard InChI is InChI=1S/C30H28O11/c31-19-7-1-17(2-8-19)6-14-26(35)39-16-25-27(36)28(37)29(38)30(41-25)40-21-10-3-18(4-11-21)5-13-23(33)22-12-9-20(32)15-24(22)34/h1-15,25,27-32,34,36-38H,16H2. The minimum Gasteiger partial charge on any atom is -0.508 e. The number of carbonyl (C=O) groups is 2. The monoisotopic (exact) mass is 564 g/mol. The molecule has 1 aliphatic heterocycles. The van der Waals surface area contributed by atoms with Gasteiger partial charge in [0.2, 0.25) is 6.29 Å². The van der Waals surface area contributed by atoms with Crippen LogP contribution < -0.4 is 4.74 Å². The van der Waals surface area contributed by atoms with Crippen molar-refractivity contribution in [1.82, 2.24) is 0 Å². The number of ether oxygens (including phenoxy) is 3. The molecule has 11 heteroatoms. The van der Waals surface area contributed by atoms with Crippen LogP contribution in [0.25, 0.3) is 12.2 Å². The lowest BCUT2D eigenvalue weighted by Gasteiger charge is -2.39. The summed E-state index contributed by atoms with van der Waals surface area (Å²) >= 11 is 0. The molecule has 0 spiro atoms. The fraction of sp³-hybridized carbons (Fsp3) is 0.200. The topological polar surface area (TPSA) is 183 Å². The maximum atomic E-state index is 12.3. The highest BCUT2D eigenvalue weighted by atomic mass is 16.7. The van der Waals surface area contributed by atoms with E-state index >= 15 is 0 Å². The van der Waals surface area contributed by atoms with Gasteiger partial charge in [0.05, 0.1) is 5.56 Å². The van der Waals surface area contributed by atoms with E-state index in [1.165, 1.54) is 54.6 Å². The lowest BCUT2D eigenvalue weighted by Crippen LogP contribution is -2.60. The van der Waals surface area contributed by atoms with E-state index in [-0.39, 0.29) is 28.6 Å². The molecule has 0 aliphatic carbocycles. The molecule has 0 bridgehead atoms. The first kappa shape index (κ1) is 29.3. The molecule has 4 rings (SSSR count). The smallest absolute Gasteiger partial charge is 0.330 e. The molecule has 0 saturated carbocycles. The van der Waals surface area contributed by atoms with Gasteiger partial charge in [-0.25, -0.2) is 4.79 Å². The van der Waals surface area contributed by atoms with Gasteiger partial charge < -0.3 is 44.8 Å². The van der Waals surface area contributed by atoms with Crippen molar-refractivity contribution < 1.29 is 54.4 Å². The Morgan fingerprint density at radius 1 is 0.756 bits per heavy atom. The highest BCUT2D eigenvalue weighted by Crippen LogP contribution is 2.26. The SMILES string of the molecule is O=C(C=Cc1ccc(O)cc1)OCC1OC(Oc2ccc(C=CC(=O)c3ccc(O)cc3O)cc2)C(O)C(O)C1O. The van der Waals surface area contributed by atoms with Crippen LogP contribution in [-0.4, -0.2) is 79.7 Å². The Labute approximate surface area is 234 Å². The van der Waals surface area contributed by atoms with Crippen LogP contribution in [0.4, 0.5) is 0 Å². The van der Waals surface area contributed by atoms with Crippen molar-refractivity contribution in [3.05, 3.63) is 95.6 Å². The first-order chi connectivity index (χ1) is 19.6. The van der Waals surface area contributed by atoms with E-state index in [0.29, 0.717) is 11.1 Å². The van der Waals surface area contributed by atoms with E-state index in [4.69, 9.17) is 14.2 Å². The normalized spacial score (nSPS) is 22.6. The summed E-state index contributed by atoms with van der Waals surface area (Å²) in [6.45, 7) is -0.433. The Bertz CT molecular complexity index is 1410. The van der Waals surface area contributed by atoms with E-state index in [9.17, 15) is 40.2 Å². The van der Waals surface area contributed by atoms with Crippen LogP contribution in [0.2, 0.25) is 0 Å². The first-order valence-electron chi connectivity index (χ1n) is 12.5. The van der Waals surface area contributed by atoms with Crippen LogP contribution in [0.5, 0.6) is 23.0 Å². The van der Waals surface area contributed by atoms with Crippen molar-refractivity contribution >= 4 is 23.9 Å². The maximum Gasteiger partial charge on any atom is 0.330 e. The number of phenols is 3. The fourth-order valence-corrected chi connectivity index (χ4v) is 3.90. The van der Waals surface area contributed by atoms with E-state index in [1.807, 2.05) is 0 Å². The molecule has 1 saturated heterocycles. The van der Waals surface area contributed by atoms with E-state index in [0.717, 1.165) is 12.1 Å². The quantitative estimate of drug-likeness (QED) is 0.127. The van der Waals surface area contributed by atoms with Crippen LogP contribution in [0.15, 0.2) is 78.9 Å². The first-order valence-corrected chi connectivity index (χ1v) is 12.5. The Balaban J connectivity index is 1.33. The molecule has 1 fully saturated rings. The number of hydrogen-bond acceptors (Lipinski definition) is 11. The van der Waals surface area contributed by atoms with Gasteiger partial charge in [-0.05, 0) is 59.7 Å². The zero-order chi connectivity index (χ0) is 29.5. The summed E-state index contributed by atoms with van der Waals surface area (Å²) < 4.78 is 16.3. The summed E-state index contributed by atoms with van der Waals surface area (Å²) in [4.78, 5) is 24.4. The molecule has 0 radical (unpaired) electrons. The van der Waals surface area contributed by atoms with Crippen LogP contribution in [0.1, 0.15) is 21.5 Å². The molecular weight excluding hydrogens is 536 g/mol. The van der Waals surface area contributed by atoms with E-state index < -0.39 is 49.1 Å². The summed E-state index contributed by atoms with van der Waals surface area (Å²) in [7, 11) is 0. The van der Waals surface area contributed by atoms with Gasteiger partial charge in [0.25, 0.3) is 0 Å². The summed E-state index contributed by atoms with van der Waals surface area (Å²) in [6, 6.07) is 16.0. The second-order valence-electron chi connectivity index (χ2n) is 9.16. The van der Waals surface area contributed by atoms with Crippen LogP contribution in [-0.2, 0) is 14.3 Å². The summed E-state index contributed by atoms with van der Waals surface area (Å²) in [5, 5.41) is 59.5. The summed E-state index contributed by atoms with van der Waals surface area (Å²) in [5.74, 6) is -1.41. The molecule has 41 heavy (non-hydrogen) atoms. The number of rotatable bonds is 9. The largest absolute Gasteiger partial charge is 0.508 e. The molecule has 3 aromatic rings. The summed E-state index contributed by atoms with van der Waals surface area (Å²) in [6.07, 6.45) is -2.04. The average molecular weight is 565 g/mol. The molecule has 1 aliphatic rings. The van der Waals surface area contributed by atoms with E-state index in [1.54, 1.807) is 24.3 Å². The lowest BCUT2D eigenvalue weighted by molar-refractivity contribution is -0.278. The third kappa shape index (κ3) is 7.71. The number of aliphatic hydroxyl groups is 3. The number of phenolic OH excluding ortho intramolecular Hbond substituents is 3. The molecular formula is C30H28O11. The highest BCUT2D eigenvalue weighted by molar-refractivity contribution is 6.08. The van der Waals surface area contributed by atoms with Crippen LogP contribution >= 0.6 is 0 Å². The average Bonchev–Trinajstić information content (AvgIpc) is 2.96. The van der Waals surface area contributed by atoms with Crippen molar-refractivity contribution in [1.29, 1.82) is 0 Å². The molecule has 6 N–H and O–H groups in total. The number of allylic oxidation sites excluding steroid dienone is 1. The van der Waals surface area contributed by atoms with Crippen molar-refractivity contribution in [3.8, 4) is 23.0 Å². The second-order valence-corrected chi connectivity index (χ2v) is 9.16. The predicted octanol–water partition coefficient (Wildman–Crippen LogP) is 2.14. The number of aromatic hydroxyl groups is 3. The minimum atomic E-state index is -1.64. The maximum absolute atomic E-state index is 12.3. The predicted molar refractivity (Wildman–Crippen MR) is 145 cm³/mol. The molecule has 0 aromatic heterocycles. The number of carbonyl (C=O) groups excluding carboxylic acids is 2. The third-order valence-corrected chi connectivity index (χ3v) is 6.17. The second kappa shape index (κ2) is 13.1. The minimum absolute atomic E-state index is 0.0248.